The van der Waals surface area contributed by atoms with Crippen LogP contribution in [0, 0.1) is 0 Å². The van der Waals surface area contributed by atoms with E-state index in [0.717, 1.165) is 25.1 Å². The molecule has 0 aliphatic carbocycles. The third-order valence-electron chi connectivity index (χ3n) is 2.29. The van der Waals surface area contributed by atoms with E-state index in [1.54, 1.807) is 4.68 Å². The summed E-state index contributed by atoms with van der Waals surface area (Å²) < 4.78 is 1.76. The average Bonchev–Trinajstić information content (AvgIpc) is 2.58. The van der Waals surface area contributed by atoms with Gasteiger partial charge in [-0.25, -0.2) is 0 Å². The predicted molar refractivity (Wildman–Crippen MR) is 58.2 cm³/mol. The molecule has 0 aliphatic heterocycles. The Labute approximate surface area is 89.6 Å². The van der Waals surface area contributed by atoms with Crippen molar-refractivity contribution >= 4 is 5.91 Å². The van der Waals surface area contributed by atoms with Gasteiger partial charge in [-0.1, -0.05) is 6.92 Å². The third kappa shape index (κ3) is 3.71. The Morgan fingerprint density at radius 3 is 2.93 bits per heavy atom. The van der Waals surface area contributed by atoms with E-state index < -0.39 is 0 Å². The Balaban J connectivity index is 2.29. The molecule has 0 bridgehead atoms. The van der Waals surface area contributed by atoms with Crippen LogP contribution in [-0.4, -0.2) is 28.3 Å². The number of nitrogens with one attached hydrogen (secondary N) is 1. The predicted octanol–water partition coefficient (Wildman–Crippen LogP) is -0.184. The molecule has 15 heavy (non-hydrogen) atoms. The number of carbonyl (C=O) groups excluding carboxylic acids is 1. The lowest BCUT2D eigenvalue weighted by Gasteiger charge is -2.11. The molecule has 1 atom stereocenters. The van der Waals surface area contributed by atoms with Gasteiger partial charge in [-0.3, -0.25) is 9.48 Å². The molecule has 84 valence electrons. The summed E-state index contributed by atoms with van der Waals surface area (Å²) in [5.74, 6) is -0.293. The van der Waals surface area contributed by atoms with E-state index in [9.17, 15) is 4.79 Å². The second kappa shape index (κ2) is 5.50. The van der Waals surface area contributed by atoms with Crippen molar-refractivity contribution in [2.45, 2.75) is 25.8 Å². The van der Waals surface area contributed by atoms with Gasteiger partial charge in [-0.05, 0) is 12.5 Å². The zero-order chi connectivity index (χ0) is 11.3. The van der Waals surface area contributed by atoms with Crippen LogP contribution in [0.1, 0.15) is 19.0 Å². The number of aromatic nitrogens is 2. The van der Waals surface area contributed by atoms with Gasteiger partial charge in [0.2, 0.25) is 5.91 Å². The van der Waals surface area contributed by atoms with Gasteiger partial charge in [0.25, 0.3) is 0 Å². The number of hydrogen-bond donors (Lipinski definition) is 2. The van der Waals surface area contributed by atoms with E-state index in [1.807, 2.05) is 26.2 Å². The van der Waals surface area contributed by atoms with Crippen LogP contribution in [0.4, 0.5) is 0 Å². The van der Waals surface area contributed by atoms with E-state index in [1.165, 1.54) is 0 Å². The smallest absolute Gasteiger partial charge is 0.234 e. The van der Waals surface area contributed by atoms with Crippen molar-refractivity contribution in [1.29, 1.82) is 0 Å². The quantitative estimate of drug-likeness (QED) is 0.684. The van der Waals surface area contributed by atoms with Crippen molar-refractivity contribution in [3.05, 3.63) is 18.0 Å². The van der Waals surface area contributed by atoms with Gasteiger partial charge in [-0.15, -0.1) is 0 Å². The summed E-state index contributed by atoms with van der Waals surface area (Å²) in [5.41, 5.74) is 6.23. The number of hydrogen-bond acceptors (Lipinski definition) is 3. The highest BCUT2D eigenvalue weighted by atomic mass is 16.1. The maximum Gasteiger partial charge on any atom is 0.234 e. The number of primary amides is 1. The van der Waals surface area contributed by atoms with Crippen LogP contribution < -0.4 is 11.1 Å². The summed E-state index contributed by atoms with van der Waals surface area (Å²) >= 11 is 0. The van der Waals surface area contributed by atoms with Crippen molar-refractivity contribution in [3.63, 3.8) is 0 Å². The molecular formula is C10H18N4O. The maximum absolute atomic E-state index is 10.9. The SMILES string of the molecule is CCC(NCCc1ccn(C)n1)C(N)=O. The average molecular weight is 210 g/mol. The largest absolute Gasteiger partial charge is 0.368 e. The van der Waals surface area contributed by atoms with Crippen LogP contribution in [0.25, 0.3) is 0 Å². The van der Waals surface area contributed by atoms with Crippen LogP contribution in [0.2, 0.25) is 0 Å². The standard InChI is InChI=1S/C10H18N4O/c1-3-9(10(11)15)12-6-4-8-5-7-14(2)13-8/h5,7,9,12H,3-4,6H2,1-2H3,(H2,11,15). The Bertz CT molecular complexity index is 321. The molecular weight excluding hydrogens is 192 g/mol. The molecule has 0 aliphatic rings. The minimum Gasteiger partial charge on any atom is -0.368 e. The first-order valence-electron chi connectivity index (χ1n) is 5.14. The first kappa shape index (κ1) is 11.7. The van der Waals surface area contributed by atoms with E-state index in [-0.39, 0.29) is 11.9 Å². The summed E-state index contributed by atoms with van der Waals surface area (Å²) in [4.78, 5) is 10.9. The first-order valence-corrected chi connectivity index (χ1v) is 5.14. The molecule has 1 unspecified atom stereocenters. The van der Waals surface area contributed by atoms with E-state index in [0.29, 0.717) is 0 Å². The lowest BCUT2D eigenvalue weighted by Crippen LogP contribution is -2.41. The lowest BCUT2D eigenvalue weighted by atomic mass is 10.2. The molecule has 1 aromatic heterocycles. The van der Waals surface area contributed by atoms with Crippen LogP contribution in [0.5, 0.6) is 0 Å². The number of amides is 1. The van der Waals surface area contributed by atoms with Gasteiger partial charge in [0.15, 0.2) is 0 Å². The second-order valence-electron chi connectivity index (χ2n) is 3.55. The fourth-order valence-corrected chi connectivity index (χ4v) is 1.42. The molecule has 5 heteroatoms. The van der Waals surface area contributed by atoms with Crippen molar-refractivity contribution in [2.75, 3.05) is 6.54 Å². The molecule has 0 fully saturated rings. The zero-order valence-corrected chi connectivity index (χ0v) is 9.23. The molecule has 1 aromatic rings. The van der Waals surface area contributed by atoms with Gasteiger partial charge in [0, 0.05) is 26.2 Å². The van der Waals surface area contributed by atoms with Crippen LogP contribution in [0.3, 0.4) is 0 Å². The van der Waals surface area contributed by atoms with Gasteiger partial charge < -0.3 is 11.1 Å². The number of nitrogens with zero attached hydrogens (tertiary/aromatic N) is 2. The van der Waals surface area contributed by atoms with Crippen molar-refractivity contribution in [2.24, 2.45) is 12.8 Å². The number of carbonyl (C=O) groups is 1. The summed E-state index contributed by atoms with van der Waals surface area (Å²) in [5, 5.41) is 7.34. The fraction of sp³-hybridized carbons (Fsp3) is 0.600. The van der Waals surface area contributed by atoms with E-state index in [4.69, 9.17) is 5.73 Å². The number of aryl methyl sites for hydroxylation is 1. The third-order valence-corrected chi connectivity index (χ3v) is 2.29. The van der Waals surface area contributed by atoms with Crippen molar-refractivity contribution in [1.82, 2.24) is 15.1 Å². The minimum atomic E-state index is -0.293. The highest BCUT2D eigenvalue weighted by Gasteiger charge is 2.10. The molecule has 0 saturated heterocycles. The normalized spacial score (nSPS) is 12.7. The molecule has 1 rings (SSSR count). The number of nitrogens with two attached hydrogens (primary N) is 1. The summed E-state index contributed by atoms with van der Waals surface area (Å²) in [6, 6.07) is 1.74. The Kier molecular flexibility index (Phi) is 4.30. The van der Waals surface area contributed by atoms with E-state index in [2.05, 4.69) is 10.4 Å². The zero-order valence-electron chi connectivity index (χ0n) is 9.23. The van der Waals surface area contributed by atoms with Crippen LogP contribution in [-0.2, 0) is 18.3 Å². The van der Waals surface area contributed by atoms with Crippen LogP contribution >= 0.6 is 0 Å². The highest BCUT2D eigenvalue weighted by molar-refractivity contribution is 5.79. The summed E-state index contributed by atoms with van der Waals surface area (Å²) in [6.45, 7) is 2.65. The minimum absolute atomic E-state index is 0.228. The highest BCUT2D eigenvalue weighted by Crippen LogP contribution is 1.95. The van der Waals surface area contributed by atoms with Gasteiger partial charge in [0.1, 0.15) is 0 Å². The van der Waals surface area contributed by atoms with Crippen molar-refractivity contribution < 1.29 is 4.79 Å². The molecule has 0 radical (unpaired) electrons. The molecule has 1 heterocycles. The fourth-order valence-electron chi connectivity index (χ4n) is 1.42. The first-order chi connectivity index (χ1) is 7.13. The maximum atomic E-state index is 10.9. The Hall–Kier alpha value is -1.36. The van der Waals surface area contributed by atoms with Gasteiger partial charge >= 0.3 is 0 Å². The molecule has 5 nitrogen and oxygen atoms in total. The Morgan fingerprint density at radius 2 is 2.47 bits per heavy atom. The molecule has 0 saturated carbocycles. The molecule has 1 amide bonds. The van der Waals surface area contributed by atoms with Crippen LogP contribution in [0.15, 0.2) is 12.3 Å². The number of rotatable bonds is 6. The van der Waals surface area contributed by atoms with E-state index >= 15 is 0 Å². The second-order valence-corrected chi connectivity index (χ2v) is 3.55. The summed E-state index contributed by atoms with van der Waals surface area (Å²) in [7, 11) is 1.88. The lowest BCUT2D eigenvalue weighted by molar-refractivity contribution is -0.120. The monoisotopic (exact) mass is 210 g/mol. The molecule has 0 aromatic carbocycles. The molecule has 0 spiro atoms. The van der Waals surface area contributed by atoms with Crippen molar-refractivity contribution in [3.8, 4) is 0 Å². The van der Waals surface area contributed by atoms with Gasteiger partial charge in [-0.2, -0.15) is 5.10 Å². The summed E-state index contributed by atoms with van der Waals surface area (Å²) in [6.07, 6.45) is 3.43. The topological polar surface area (TPSA) is 72.9 Å². The molecule has 3 N–H and O–H groups in total. The van der Waals surface area contributed by atoms with Gasteiger partial charge in [0.05, 0.1) is 11.7 Å². The Morgan fingerprint density at radius 1 is 1.73 bits per heavy atom.